The van der Waals surface area contributed by atoms with Gasteiger partial charge in [-0.3, -0.25) is 0 Å². The lowest BCUT2D eigenvalue weighted by Gasteiger charge is -2.13. The van der Waals surface area contributed by atoms with E-state index in [-0.39, 0.29) is 5.82 Å². The Morgan fingerprint density at radius 3 is 2.48 bits per heavy atom. The summed E-state index contributed by atoms with van der Waals surface area (Å²) in [5, 5.41) is 5.36. The molecule has 0 spiro atoms. The maximum absolute atomic E-state index is 14.0. The van der Waals surface area contributed by atoms with Gasteiger partial charge in [0.1, 0.15) is 5.82 Å². The molecule has 3 rings (SSSR count). The van der Waals surface area contributed by atoms with Gasteiger partial charge in [0.05, 0.1) is 0 Å². The molecule has 0 heterocycles. The first kappa shape index (κ1) is 14.1. The maximum Gasteiger partial charge on any atom is 0.131 e. The van der Waals surface area contributed by atoms with Crippen LogP contribution in [0.5, 0.6) is 0 Å². The minimum Gasteiger partial charge on any atom is -0.316 e. The number of nitrogens with one attached hydrogen (secondary N) is 1. The molecule has 3 heteroatoms. The van der Waals surface area contributed by atoms with Gasteiger partial charge in [-0.05, 0) is 47.3 Å². The van der Waals surface area contributed by atoms with E-state index in [1.54, 1.807) is 6.07 Å². The monoisotopic (exact) mass is 299 g/mol. The Morgan fingerprint density at radius 1 is 0.952 bits per heavy atom. The van der Waals surface area contributed by atoms with E-state index in [0.29, 0.717) is 10.4 Å². The molecule has 0 aromatic heterocycles. The van der Waals surface area contributed by atoms with Gasteiger partial charge in [0.15, 0.2) is 0 Å². The Balaban J connectivity index is 2.30. The quantitative estimate of drug-likeness (QED) is 0.716. The van der Waals surface area contributed by atoms with Crippen molar-refractivity contribution < 1.29 is 4.39 Å². The fourth-order valence-electron chi connectivity index (χ4n) is 2.64. The van der Waals surface area contributed by atoms with E-state index in [0.717, 1.165) is 28.6 Å². The van der Waals surface area contributed by atoms with E-state index in [1.807, 2.05) is 49.5 Å². The van der Waals surface area contributed by atoms with Gasteiger partial charge < -0.3 is 5.32 Å². The summed E-state index contributed by atoms with van der Waals surface area (Å²) in [7, 11) is 1.90. The lowest BCUT2D eigenvalue weighted by atomic mass is 9.94. The normalized spacial score (nSPS) is 11.0. The molecule has 0 radical (unpaired) electrons. The Labute approximate surface area is 128 Å². The number of rotatable bonds is 3. The molecular weight excluding hydrogens is 285 g/mol. The third-order valence-electron chi connectivity index (χ3n) is 3.60. The fraction of sp³-hybridized carbons (Fsp3) is 0.111. The molecule has 0 atom stereocenters. The van der Waals surface area contributed by atoms with Crippen molar-refractivity contribution in [2.45, 2.75) is 6.54 Å². The average molecular weight is 300 g/mol. The predicted octanol–water partition coefficient (Wildman–Crippen LogP) is 5.02. The van der Waals surface area contributed by atoms with Gasteiger partial charge in [0.2, 0.25) is 0 Å². The number of hydrogen-bond donors (Lipinski definition) is 1. The zero-order chi connectivity index (χ0) is 14.8. The first-order valence-corrected chi connectivity index (χ1v) is 7.19. The zero-order valence-corrected chi connectivity index (χ0v) is 12.4. The first-order chi connectivity index (χ1) is 10.2. The minimum atomic E-state index is -0.202. The Bertz CT molecular complexity index is 798. The second-order valence-corrected chi connectivity index (χ2v) is 5.41. The van der Waals surface area contributed by atoms with E-state index < -0.39 is 0 Å². The molecule has 106 valence electrons. The largest absolute Gasteiger partial charge is 0.316 e. The summed E-state index contributed by atoms with van der Waals surface area (Å²) >= 11 is 6.15. The first-order valence-electron chi connectivity index (χ1n) is 6.81. The van der Waals surface area contributed by atoms with Gasteiger partial charge >= 0.3 is 0 Å². The van der Waals surface area contributed by atoms with Crippen LogP contribution in [-0.2, 0) is 6.54 Å². The molecule has 0 aliphatic rings. The van der Waals surface area contributed by atoms with Crippen LogP contribution in [0.15, 0.2) is 54.6 Å². The molecule has 21 heavy (non-hydrogen) atoms. The summed E-state index contributed by atoms with van der Waals surface area (Å²) in [4.78, 5) is 0. The van der Waals surface area contributed by atoms with E-state index >= 15 is 0 Å². The minimum absolute atomic E-state index is 0.202. The van der Waals surface area contributed by atoms with Crippen LogP contribution >= 0.6 is 11.6 Å². The summed E-state index contributed by atoms with van der Waals surface area (Å²) in [6.07, 6.45) is 0. The second-order valence-electron chi connectivity index (χ2n) is 4.97. The molecule has 3 aromatic rings. The number of fused-ring (bicyclic) bond motifs is 1. The molecular formula is C18H15ClFN. The highest BCUT2D eigenvalue weighted by Gasteiger charge is 2.11. The van der Waals surface area contributed by atoms with Gasteiger partial charge in [-0.2, -0.15) is 0 Å². The molecule has 0 aliphatic heterocycles. The standard InChI is InChI=1S/C18H15ClFN/c1-21-11-12-6-7-13(19)10-17(12)15-8-9-18(20)16-5-3-2-4-14(15)16/h2-10,21H,11H2,1H3. The highest BCUT2D eigenvalue weighted by atomic mass is 35.5. The zero-order valence-electron chi connectivity index (χ0n) is 11.7. The third kappa shape index (κ3) is 2.65. The van der Waals surface area contributed by atoms with Gasteiger partial charge in [-0.1, -0.05) is 48.0 Å². The van der Waals surface area contributed by atoms with E-state index in [9.17, 15) is 4.39 Å². The van der Waals surface area contributed by atoms with Crippen LogP contribution in [0.2, 0.25) is 5.02 Å². The molecule has 0 saturated carbocycles. The summed E-state index contributed by atoms with van der Waals surface area (Å²) < 4.78 is 14.0. The van der Waals surface area contributed by atoms with Crippen LogP contribution in [0, 0.1) is 5.82 Å². The van der Waals surface area contributed by atoms with Crippen molar-refractivity contribution in [2.24, 2.45) is 0 Å². The van der Waals surface area contributed by atoms with Crippen molar-refractivity contribution in [3.63, 3.8) is 0 Å². The van der Waals surface area contributed by atoms with Crippen LogP contribution in [0.4, 0.5) is 4.39 Å². The fourth-order valence-corrected chi connectivity index (χ4v) is 2.81. The Hall–Kier alpha value is -1.90. The molecule has 0 unspecified atom stereocenters. The Kier molecular flexibility index (Phi) is 3.91. The van der Waals surface area contributed by atoms with Gasteiger partial charge in [-0.25, -0.2) is 4.39 Å². The van der Waals surface area contributed by atoms with Gasteiger partial charge in [0.25, 0.3) is 0 Å². The van der Waals surface area contributed by atoms with E-state index in [2.05, 4.69) is 5.32 Å². The maximum atomic E-state index is 14.0. The summed E-state index contributed by atoms with van der Waals surface area (Å²) in [6, 6.07) is 16.7. The van der Waals surface area contributed by atoms with Crippen molar-refractivity contribution in [3.8, 4) is 11.1 Å². The smallest absolute Gasteiger partial charge is 0.131 e. The highest BCUT2D eigenvalue weighted by Crippen LogP contribution is 2.34. The predicted molar refractivity (Wildman–Crippen MR) is 87.1 cm³/mol. The molecule has 0 fully saturated rings. The number of halogens is 2. The van der Waals surface area contributed by atoms with Crippen LogP contribution < -0.4 is 5.32 Å². The molecule has 0 aliphatic carbocycles. The summed E-state index contributed by atoms with van der Waals surface area (Å²) in [6.45, 7) is 0.734. The van der Waals surface area contributed by atoms with Crippen LogP contribution in [0.1, 0.15) is 5.56 Å². The van der Waals surface area contributed by atoms with E-state index in [4.69, 9.17) is 11.6 Å². The molecule has 1 nitrogen and oxygen atoms in total. The Morgan fingerprint density at radius 2 is 1.71 bits per heavy atom. The second kappa shape index (κ2) is 5.84. The van der Waals surface area contributed by atoms with Crippen LogP contribution in [-0.4, -0.2) is 7.05 Å². The van der Waals surface area contributed by atoms with Crippen molar-refractivity contribution >= 4 is 22.4 Å². The van der Waals surface area contributed by atoms with Crippen molar-refractivity contribution in [3.05, 3.63) is 71.0 Å². The van der Waals surface area contributed by atoms with E-state index in [1.165, 1.54) is 6.07 Å². The van der Waals surface area contributed by atoms with Crippen LogP contribution in [0.3, 0.4) is 0 Å². The summed E-state index contributed by atoms with van der Waals surface area (Å²) in [5.41, 5.74) is 3.17. The topological polar surface area (TPSA) is 12.0 Å². The summed E-state index contributed by atoms with van der Waals surface area (Å²) in [5.74, 6) is -0.202. The molecule has 1 N–H and O–H groups in total. The average Bonchev–Trinajstić information content (AvgIpc) is 2.50. The van der Waals surface area contributed by atoms with Crippen molar-refractivity contribution in [2.75, 3.05) is 7.05 Å². The SMILES string of the molecule is CNCc1ccc(Cl)cc1-c1ccc(F)c2ccccc12. The number of benzene rings is 3. The molecule has 0 bridgehead atoms. The highest BCUT2D eigenvalue weighted by molar-refractivity contribution is 6.31. The third-order valence-corrected chi connectivity index (χ3v) is 3.84. The van der Waals surface area contributed by atoms with Gasteiger partial charge in [0, 0.05) is 17.0 Å². The van der Waals surface area contributed by atoms with Crippen LogP contribution in [0.25, 0.3) is 21.9 Å². The lowest BCUT2D eigenvalue weighted by Crippen LogP contribution is -2.06. The molecule has 0 amide bonds. The lowest BCUT2D eigenvalue weighted by molar-refractivity contribution is 0.640. The number of hydrogen-bond acceptors (Lipinski definition) is 1. The molecule has 0 saturated heterocycles. The van der Waals surface area contributed by atoms with Crippen molar-refractivity contribution in [1.82, 2.24) is 5.32 Å². The molecule has 3 aromatic carbocycles. The van der Waals surface area contributed by atoms with Crippen molar-refractivity contribution in [1.29, 1.82) is 0 Å². The van der Waals surface area contributed by atoms with Gasteiger partial charge in [-0.15, -0.1) is 0 Å².